The van der Waals surface area contributed by atoms with E-state index in [1.165, 1.54) is 0 Å². The summed E-state index contributed by atoms with van der Waals surface area (Å²) in [6.07, 6.45) is 4.31. The van der Waals surface area contributed by atoms with Gasteiger partial charge >= 0.3 is 6.09 Å². The second kappa shape index (κ2) is 5.91. The van der Waals surface area contributed by atoms with Crippen LogP contribution >= 0.6 is 0 Å². The number of terminal acetylenes is 1. The first-order valence-corrected chi connectivity index (χ1v) is 4.56. The summed E-state index contributed by atoms with van der Waals surface area (Å²) in [6.45, 7) is 5.87. The zero-order valence-electron chi connectivity index (χ0n) is 9.22. The highest BCUT2D eigenvalue weighted by atomic mass is 16.6. The predicted octanol–water partition coefficient (Wildman–Crippen LogP) is 0.260. The number of rotatable bonds is 3. The van der Waals surface area contributed by atoms with Crippen molar-refractivity contribution in [1.82, 2.24) is 10.6 Å². The number of hydrogen-bond donors (Lipinski definition) is 2. The summed E-state index contributed by atoms with van der Waals surface area (Å²) in [5, 5.41) is 4.88. The molecule has 0 atom stereocenters. The van der Waals surface area contributed by atoms with Crippen LogP contribution in [0.1, 0.15) is 20.8 Å². The first kappa shape index (κ1) is 13.3. The lowest BCUT2D eigenvalue weighted by molar-refractivity contribution is -0.115. The minimum atomic E-state index is -0.522. The molecule has 0 unspecified atom stereocenters. The molecule has 2 N–H and O–H groups in total. The number of amides is 2. The molecule has 0 saturated carbocycles. The lowest BCUT2D eigenvalue weighted by Crippen LogP contribution is -2.37. The van der Waals surface area contributed by atoms with Crippen molar-refractivity contribution < 1.29 is 14.3 Å². The highest BCUT2D eigenvalue weighted by Crippen LogP contribution is 2.05. The molecule has 0 radical (unpaired) electrons. The van der Waals surface area contributed by atoms with Gasteiger partial charge in [0.15, 0.2) is 0 Å². The maximum Gasteiger partial charge on any atom is 0.407 e. The van der Waals surface area contributed by atoms with Crippen LogP contribution in [-0.2, 0) is 9.53 Å². The number of hydrogen-bond acceptors (Lipinski definition) is 3. The van der Waals surface area contributed by atoms with E-state index in [2.05, 4.69) is 10.6 Å². The Bertz CT molecular complexity index is 273. The van der Waals surface area contributed by atoms with Crippen molar-refractivity contribution in [3.63, 3.8) is 0 Å². The second-order valence-corrected chi connectivity index (χ2v) is 3.83. The van der Waals surface area contributed by atoms with E-state index < -0.39 is 17.6 Å². The summed E-state index contributed by atoms with van der Waals surface area (Å²) in [5.41, 5.74) is -0.522. The Labute approximate surface area is 89.6 Å². The zero-order valence-corrected chi connectivity index (χ0v) is 9.22. The van der Waals surface area contributed by atoms with Crippen molar-refractivity contribution in [2.45, 2.75) is 26.4 Å². The van der Waals surface area contributed by atoms with Gasteiger partial charge in [0.1, 0.15) is 5.60 Å². The second-order valence-electron chi connectivity index (χ2n) is 3.83. The van der Waals surface area contributed by atoms with Crippen LogP contribution in [0.3, 0.4) is 0 Å². The van der Waals surface area contributed by atoms with E-state index in [-0.39, 0.29) is 13.1 Å². The summed E-state index contributed by atoms with van der Waals surface area (Å²) in [5.74, 6) is 1.40. The van der Waals surface area contributed by atoms with Crippen LogP contribution in [0.4, 0.5) is 4.79 Å². The Balaban J connectivity index is 3.57. The molecule has 0 rings (SSSR count). The summed E-state index contributed by atoms with van der Waals surface area (Å²) in [6, 6.07) is 0. The molecule has 2 amide bonds. The highest BCUT2D eigenvalue weighted by Gasteiger charge is 2.15. The van der Waals surface area contributed by atoms with Crippen LogP contribution in [0.5, 0.6) is 0 Å². The van der Waals surface area contributed by atoms with Crippen LogP contribution in [0.2, 0.25) is 0 Å². The van der Waals surface area contributed by atoms with Gasteiger partial charge in [0.05, 0.1) is 0 Å². The van der Waals surface area contributed by atoms with E-state index in [1.54, 1.807) is 20.8 Å². The lowest BCUT2D eigenvalue weighted by Gasteiger charge is -2.19. The summed E-state index contributed by atoms with van der Waals surface area (Å²) in [7, 11) is 0. The molecule has 5 heteroatoms. The molecule has 0 bridgehead atoms. The van der Waals surface area contributed by atoms with Gasteiger partial charge in [-0.05, 0) is 26.7 Å². The number of ether oxygens (including phenoxy) is 1. The number of carbonyl (C=O) groups is 2. The summed E-state index contributed by atoms with van der Waals surface area (Å²) >= 11 is 0. The largest absolute Gasteiger partial charge is 0.444 e. The molecule has 0 aromatic heterocycles. The quantitative estimate of drug-likeness (QED) is 0.521. The van der Waals surface area contributed by atoms with Gasteiger partial charge in [0.25, 0.3) is 5.91 Å². The molecular weight excluding hydrogens is 196 g/mol. The fourth-order valence-corrected chi connectivity index (χ4v) is 0.706. The third-order valence-electron chi connectivity index (χ3n) is 1.21. The van der Waals surface area contributed by atoms with Gasteiger partial charge in [-0.25, -0.2) is 4.79 Å². The molecule has 0 aromatic carbocycles. The minimum Gasteiger partial charge on any atom is -0.444 e. The summed E-state index contributed by atoms with van der Waals surface area (Å²) in [4.78, 5) is 21.7. The molecule has 5 nitrogen and oxygen atoms in total. The van der Waals surface area contributed by atoms with E-state index in [1.807, 2.05) is 5.92 Å². The maximum absolute atomic E-state index is 11.1. The number of nitrogens with one attached hydrogen (secondary N) is 2. The van der Waals surface area contributed by atoms with Crippen molar-refractivity contribution >= 4 is 12.0 Å². The van der Waals surface area contributed by atoms with E-state index in [4.69, 9.17) is 11.2 Å². The Hall–Kier alpha value is -1.70. The zero-order chi connectivity index (χ0) is 11.9. The van der Waals surface area contributed by atoms with Crippen LogP contribution in [0, 0.1) is 12.3 Å². The molecule has 0 aliphatic heterocycles. The van der Waals surface area contributed by atoms with Gasteiger partial charge in [-0.15, -0.1) is 6.42 Å². The summed E-state index contributed by atoms with van der Waals surface area (Å²) < 4.78 is 4.97. The fraction of sp³-hybridized carbons (Fsp3) is 0.600. The fourth-order valence-electron chi connectivity index (χ4n) is 0.706. The molecule has 0 aliphatic carbocycles. The standard InChI is InChI=1S/C10H16N2O3/c1-5-8(13)11-6-7-12-9(14)15-10(2,3)4/h1H,6-7H2,2-4H3,(H,11,13)(H,12,14). The van der Waals surface area contributed by atoms with Gasteiger partial charge in [-0.1, -0.05) is 0 Å². The number of alkyl carbamates (subject to hydrolysis) is 1. The van der Waals surface area contributed by atoms with Gasteiger partial charge in [-0.2, -0.15) is 0 Å². The third kappa shape index (κ3) is 8.63. The molecule has 0 spiro atoms. The molecule has 0 aromatic rings. The monoisotopic (exact) mass is 212 g/mol. The molecular formula is C10H16N2O3. The van der Waals surface area contributed by atoms with Crippen molar-refractivity contribution in [2.75, 3.05) is 13.1 Å². The van der Waals surface area contributed by atoms with E-state index in [0.29, 0.717) is 0 Å². The van der Waals surface area contributed by atoms with Crippen LogP contribution in [0.25, 0.3) is 0 Å². The molecule has 84 valence electrons. The Morgan fingerprint density at radius 3 is 2.27 bits per heavy atom. The highest BCUT2D eigenvalue weighted by molar-refractivity contribution is 5.92. The maximum atomic E-state index is 11.1. The van der Waals surface area contributed by atoms with E-state index in [9.17, 15) is 9.59 Å². The molecule has 0 fully saturated rings. The smallest absolute Gasteiger partial charge is 0.407 e. The SMILES string of the molecule is C#CC(=O)NCCNC(=O)OC(C)(C)C. The van der Waals surface area contributed by atoms with Gasteiger partial charge in [0.2, 0.25) is 0 Å². The minimum absolute atomic E-state index is 0.280. The Kier molecular flexibility index (Phi) is 5.24. The van der Waals surface area contributed by atoms with E-state index in [0.717, 1.165) is 0 Å². The van der Waals surface area contributed by atoms with Crippen LogP contribution in [0.15, 0.2) is 0 Å². The molecule has 15 heavy (non-hydrogen) atoms. The van der Waals surface area contributed by atoms with Gasteiger partial charge < -0.3 is 15.4 Å². The molecule has 0 saturated heterocycles. The predicted molar refractivity (Wildman–Crippen MR) is 56.1 cm³/mol. The van der Waals surface area contributed by atoms with Crippen LogP contribution < -0.4 is 10.6 Å². The molecule has 0 aliphatic rings. The topological polar surface area (TPSA) is 67.4 Å². The first-order valence-electron chi connectivity index (χ1n) is 4.56. The van der Waals surface area contributed by atoms with Crippen molar-refractivity contribution in [2.24, 2.45) is 0 Å². The van der Waals surface area contributed by atoms with Crippen LogP contribution in [-0.4, -0.2) is 30.7 Å². The van der Waals surface area contributed by atoms with E-state index >= 15 is 0 Å². The van der Waals surface area contributed by atoms with Crippen molar-refractivity contribution in [1.29, 1.82) is 0 Å². The van der Waals surface area contributed by atoms with Crippen molar-refractivity contribution in [3.05, 3.63) is 0 Å². The Morgan fingerprint density at radius 2 is 1.80 bits per heavy atom. The molecule has 0 heterocycles. The first-order chi connectivity index (χ1) is 6.85. The van der Waals surface area contributed by atoms with Gasteiger partial charge in [0, 0.05) is 13.1 Å². The van der Waals surface area contributed by atoms with Gasteiger partial charge in [-0.3, -0.25) is 4.79 Å². The normalized spacial score (nSPS) is 10.0. The average Bonchev–Trinajstić information content (AvgIpc) is 2.09. The lowest BCUT2D eigenvalue weighted by atomic mass is 10.2. The number of carbonyl (C=O) groups excluding carboxylic acids is 2. The average molecular weight is 212 g/mol. The third-order valence-corrected chi connectivity index (χ3v) is 1.21. The van der Waals surface area contributed by atoms with Crippen molar-refractivity contribution in [3.8, 4) is 12.3 Å². The Morgan fingerprint density at radius 1 is 1.27 bits per heavy atom.